The smallest absolute Gasteiger partial charge is 0.161 e. The maximum atomic E-state index is 8.69. The van der Waals surface area contributed by atoms with E-state index in [9.17, 15) is 0 Å². The molecule has 0 atom stereocenters. The van der Waals surface area contributed by atoms with Crippen molar-refractivity contribution in [3.8, 4) is 0 Å². The first-order valence-corrected chi connectivity index (χ1v) is 7.15. The Balaban J connectivity index is 0.000000399. The van der Waals surface area contributed by atoms with Crippen molar-refractivity contribution in [2.24, 2.45) is 0 Å². The average Bonchev–Trinajstić information content (AvgIpc) is 2.45. The molecule has 1 aromatic carbocycles. The molecule has 0 amide bonds. The van der Waals surface area contributed by atoms with Crippen LogP contribution in [0.2, 0.25) is 0 Å². The monoisotopic (exact) mass is 268 g/mol. The molecule has 110 valence electrons. The van der Waals surface area contributed by atoms with Gasteiger partial charge in [0.1, 0.15) is 0 Å². The standard InChI is InChI=1S/C11H16O.C5H12O2/c12-10-6-2-5-9-11-7-3-1-4-8-11;1-3-5(6,7)4-2/h1,3-4,7-8,12H,2,5-6,9-10H2;6-7H,3-4H2,1-2H3. The first-order chi connectivity index (χ1) is 9.05. The summed E-state index contributed by atoms with van der Waals surface area (Å²) in [6.07, 6.45) is 5.21. The minimum absolute atomic E-state index is 0.328. The molecule has 3 N–H and O–H groups in total. The highest BCUT2D eigenvalue weighted by Crippen LogP contribution is 2.07. The molecule has 0 unspecified atom stereocenters. The Bertz CT molecular complexity index is 290. The van der Waals surface area contributed by atoms with Crippen LogP contribution in [-0.4, -0.2) is 27.7 Å². The van der Waals surface area contributed by atoms with Gasteiger partial charge in [-0.15, -0.1) is 0 Å². The third-order valence-electron chi connectivity index (χ3n) is 3.10. The maximum absolute atomic E-state index is 8.69. The van der Waals surface area contributed by atoms with Gasteiger partial charge >= 0.3 is 0 Å². The van der Waals surface area contributed by atoms with Gasteiger partial charge in [0.25, 0.3) is 0 Å². The molecule has 0 radical (unpaired) electrons. The van der Waals surface area contributed by atoms with Crippen LogP contribution in [0.25, 0.3) is 0 Å². The third kappa shape index (κ3) is 10.7. The molecule has 3 nitrogen and oxygen atoms in total. The van der Waals surface area contributed by atoms with E-state index in [1.54, 1.807) is 13.8 Å². The molecule has 0 aliphatic heterocycles. The Kier molecular flexibility index (Phi) is 10.5. The van der Waals surface area contributed by atoms with E-state index in [1.807, 2.05) is 6.07 Å². The van der Waals surface area contributed by atoms with Crippen molar-refractivity contribution in [3.05, 3.63) is 35.9 Å². The predicted octanol–water partition coefficient (Wildman–Crippen LogP) is 2.88. The lowest BCUT2D eigenvalue weighted by Crippen LogP contribution is -2.24. The van der Waals surface area contributed by atoms with Crippen molar-refractivity contribution in [1.82, 2.24) is 0 Å². The lowest BCUT2D eigenvalue weighted by atomic mass is 10.1. The number of aliphatic hydroxyl groups is 3. The molecule has 0 bridgehead atoms. The summed E-state index contributed by atoms with van der Waals surface area (Å²) in [6.45, 7) is 3.81. The van der Waals surface area contributed by atoms with Gasteiger partial charge in [0.2, 0.25) is 0 Å². The van der Waals surface area contributed by atoms with Gasteiger partial charge < -0.3 is 15.3 Å². The normalized spacial score (nSPS) is 10.8. The summed E-state index contributed by atoms with van der Waals surface area (Å²) in [7, 11) is 0. The van der Waals surface area contributed by atoms with Crippen molar-refractivity contribution < 1.29 is 15.3 Å². The average molecular weight is 268 g/mol. The Morgan fingerprint density at radius 1 is 0.895 bits per heavy atom. The summed E-state index contributed by atoms with van der Waals surface area (Å²) in [5.41, 5.74) is 1.40. The molecular weight excluding hydrogens is 240 g/mol. The summed E-state index contributed by atoms with van der Waals surface area (Å²) < 4.78 is 0. The summed E-state index contributed by atoms with van der Waals surface area (Å²) in [5, 5.41) is 25.9. The topological polar surface area (TPSA) is 60.7 Å². The number of hydrogen-bond donors (Lipinski definition) is 3. The lowest BCUT2D eigenvalue weighted by Gasteiger charge is -2.15. The van der Waals surface area contributed by atoms with Crippen LogP contribution in [0.1, 0.15) is 51.5 Å². The fourth-order valence-electron chi connectivity index (χ4n) is 1.51. The zero-order valence-corrected chi connectivity index (χ0v) is 12.2. The molecule has 0 saturated heterocycles. The third-order valence-corrected chi connectivity index (χ3v) is 3.10. The van der Waals surface area contributed by atoms with Gasteiger partial charge in [0.05, 0.1) is 0 Å². The molecule has 0 saturated carbocycles. The highest BCUT2D eigenvalue weighted by Gasteiger charge is 2.15. The van der Waals surface area contributed by atoms with Crippen LogP contribution >= 0.6 is 0 Å². The van der Waals surface area contributed by atoms with Crippen LogP contribution < -0.4 is 0 Å². The molecule has 3 heteroatoms. The van der Waals surface area contributed by atoms with Crippen LogP contribution in [0, 0.1) is 0 Å². The molecule has 19 heavy (non-hydrogen) atoms. The molecule has 1 aromatic rings. The fourth-order valence-corrected chi connectivity index (χ4v) is 1.51. The van der Waals surface area contributed by atoms with Crippen LogP contribution in [-0.2, 0) is 6.42 Å². The zero-order chi connectivity index (χ0) is 14.6. The van der Waals surface area contributed by atoms with Crippen LogP contribution in [0.15, 0.2) is 30.3 Å². The molecule has 0 fully saturated rings. The van der Waals surface area contributed by atoms with Crippen LogP contribution in [0.3, 0.4) is 0 Å². The van der Waals surface area contributed by atoms with E-state index in [1.165, 1.54) is 12.0 Å². The molecule has 0 aliphatic carbocycles. The first-order valence-electron chi connectivity index (χ1n) is 7.15. The van der Waals surface area contributed by atoms with E-state index in [0.29, 0.717) is 19.4 Å². The molecule has 0 aromatic heterocycles. The number of aryl methyl sites for hydroxylation is 1. The molecule has 0 heterocycles. The lowest BCUT2D eigenvalue weighted by molar-refractivity contribution is -0.163. The van der Waals surface area contributed by atoms with E-state index in [4.69, 9.17) is 15.3 Å². The van der Waals surface area contributed by atoms with Gasteiger partial charge in [-0.2, -0.15) is 0 Å². The second-order valence-corrected chi connectivity index (χ2v) is 4.71. The minimum Gasteiger partial charge on any atom is -0.396 e. The second kappa shape index (κ2) is 11.0. The SMILES string of the molecule is CCC(O)(O)CC.OCCCCCc1ccccc1. The van der Waals surface area contributed by atoms with Crippen molar-refractivity contribution in [2.75, 3.05) is 6.61 Å². The molecule has 0 spiro atoms. The van der Waals surface area contributed by atoms with E-state index in [2.05, 4.69) is 24.3 Å². The van der Waals surface area contributed by atoms with Gasteiger partial charge in [-0.3, -0.25) is 0 Å². The largest absolute Gasteiger partial charge is 0.396 e. The zero-order valence-electron chi connectivity index (χ0n) is 12.2. The Morgan fingerprint density at radius 3 is 1.89 bits per heavy atom. The van der Waals surface area contributed by atoms with Crippen molar-refractivity contribution >= 4 is 0 Å². The highest BCUT2D eigenvalue weighted by molar-refractivity contribution is 5.14. The van der Waals surface area contributed by atoms with Crippen LogP contribution in [0.4, 0.5) is 0 Å². The first kappa shape index (κ1) is 18.1. The van der Waals surface area contributed by atoms with Crippen LogP contribution in [0.5, 0.6) is 0 Å². The number of aliphatic hydroxyl groups excluding tert-OH is 1. The predicted molar refractivity (Wildman–Crippen MR) is 78.8 cm³/mol. The van der Waals surface area contributed by atoms with Gasteiger partial charge in [0.15, 0.2) is 5.79 Å². The molecule has 1 rings (SSSR count). The summed E-state index contributed by atoms with van der Waals surface area (Å²) >= 11 is 0. The Labute approximate surface area is 116 Å². The quantitative estimate of drug-likeness (QED) is 0.526. The summed E-state index contributed by atoms with van der Waals surface area (Å²) in [6, 6.07) is 10.5. The number of rotatable bonds is 7. The number of unbranched alkanes of at least 4 members (excludes halogenated alkanes) is 2. The van der Waals surface area contributed by atoms with Crippen molar-refractivity contribution in [2.45, 2.75) is 58.2 Å². The van der Waals surface area contributed by atoms with Gasteiger partial charge in [0, 0.05) is 6.61 Å². The van der Waals surface area contributed by atoms with E-state index in [0.717, 1.165) is 19.3 Å². The number of hydrogen-bond acceptors (Lipinski definition) is 3. The maximum Gasteiger partial charge on any atom is 0.161 e. The number of benzene rings is 1. The van der Waals surface area contributed by atoms with Gasteiger partial charge in [-0.05, 0) is 37.7 Å². The second-order valence-electron chi connectivity index (χ2n) is 4.71. The summed E-state index contributed by atoms with van der Waals surface area (Å²) in [5.74, 6) is -1.42. The van der Waals surface area contributed by atoms with E-state index < -0.39 is 5.79 Å². The molecular formula is C16H28O3. The summed E-state index contributed by atoms with van der Waals surface area (Å²) in [4.78, 5) is 0. The minimum atomic E-state index is -1.42. The highest BCUT2D eigenvalue weighted by atomic mass is 16.5. The van der Waals surface area contributed by atoms with E-state index >= 15 is 0 Å². The molecule has 0 aliphatic rings. The van der Waals surface area contributed by atoms with Crippen molar-refractivity contribution in [1.29, 1.82) is 0 Å². The van der Waals surface area contributed by atoms with Crippen molar-refractivity contribution in [3.63, 3.8) is 0 Å². The Hall–Kier alpha value is -0.900. The van der Waals surface area contributed by atoms with Gasteiger partial charge in [-0.1, -0.05) is 50.6 Å². The Morgan fingerprint density at radius 2 is 1.47 bits per heavy atom. The van der Waals surface area contributed by atoms with E-state index in [-0.39, 0.29) is 0 Å². The fraction of sp³-hybridized carbons (Fsp3) is 0.625. The van der Waals surface area contributed by atoms with Gasteiger partial charge in [-0.25, -0.2) is 0 Å².